The van der Waals surface area contributed by atoms with Gasteiger partial charge in [0.05, 0.1) is 5.02 Å². The van der Waals surface area contributed by atoms with Crippen molar-refractivity contribution in [2.24, 2.45) is 0 Å². The minimum Gasteiger partial charge on any atom is -0.437 e. The molecule has 188 valence electrons. The van der Waals surface area contributed by atoms with Crippen LogP contribution in [-0.4, -0.2) is 59.8 Å². The average Bonchev–Trinajstić information content (AvgIpc) is 3.49. The SMILES string of the molecule is O=C(Cc1ccc(NC(=O)c2ocnc2C(=O)NCCN2CC[C@H](F)C2)cc1)c1ccc(F)cc1Cl. The summed E-state index contributed by atoms with van der Waals surface area (Å²) in [5.41, 5.74) is 1.14. The zero-order valence-corrected chi connectivity index (χ0v) is 19.9. The van der Waals surface area contributed by atoms with Gasteiger partial charge in [-0.1, -0.05) is 23.7 Å². The number of hydrogen-bond acceptors (Lipinski definition) is 6. The van der Waals surface area contributed by atoms with Gasteiger partial charge in [0, 0.05) is 43.9 Å². The Morgan fingerprint density at radius 3 is 2.61 bits per heavy atom. The summed E-state index contributed by atoms with van der Waals surface area (Å²) in [6.45, 7) is 1.76. The first-order valence-corrected chi connectivity index (χ1v) is 11.6. The van der Waals surface area contributed by atoms with E-state index in [2.05, 4.69) is 15.6 Å². The maximum absolute atomic E-state index is 13.3. The maximum atomic E-state index is 13.3. The van der Waals surface area contributed by atoms with E-state index in [-0.39, 0.29) is 40.8 Å². The fourth-order valence-corrected chi connectivity index (χ4v) is 4.13. The molecule has 0 unspecified atom stereocenters. The monoisotopic (exact) mass is 516 g/mol. The Morgan fingerprint density at radius 2 is 1.92 bits per heavy atom. The molecule has 1 aliphatic rings. The predicted molar refractivity (Wildman–Crippen MR) is 129 cm³/mol. The summed E-state index contributed by atoms with van der Waals surface area (Å²) >= 11 is 5.95. The number of oxazole rings is 1. The van der Waals surface area contributed by atoms with E-state index in [1.165, 1.54) is 12.1 Å². The molecule has 1 aliphatic heterocycles. The topological polar surface area (TPSA) is 105 Å². The zero-order valence-electron chi connectivity index (χ0n) is 19.1. The van der Waals surface area contributed by atoms with Gasteiger partial charge in [0.25, 0.3) is 11.8 Å². The standard InChI is InChI=1S/C25H23ClF2N4O4/c26-20-12-16(27)3-6-19(20)21(33)11-15-1-4-18(5-2-15)31-25(35)23-22(30-14-36-23)24(34)29-8-10-32-9-7-17(28)13-32/h1-6,12,14,17H,7-11,13H2,(H,29,34)(H,31,35)/t17-/m0/s1. The quantitative estimate of drug-likeness (QED) is 0.418. The van der Waals surface area contributed by atoms with E-state index in [1.807, 2.05) is 4.90 Å². The third kappa shape index (κ3) is 6.32. The highest BCUT2D eigenvalue weighted by Gasteiger charge is 2.24. The molecule has 1 aromatic heterocycles. The Labute approximate surface area is 210 Å². The molecule has 0 bridgehead atoms. The molecule has 36 heavy (non-hydrogen) atoms. The Hall–Kier alpha value is -3.63. The van der Waals surface area contributed by atoms with Gasteiger partial charge in [-0.25, -0.2) is 13.8 Å². The highest BCUT2D eigenvalue weighted by Crippen LogP contribution is 2.20. The van der Waals surface area contributed by atoms with E-state index in [0.717, 1.165) is 12.5 Å². The van der Waals surface area contributed by atoms with Crippen LogP contribution in [0.1, 0.15) is 43.4 Å². The van der Waals surface area contributed by atoms with Crippen molar-refractivity contribution in [2.75, 3.05) is 31.5 Å². The molecule has 2 heterocycles. The van der Waals surface area contributed by atoms with Crippen LogP contribution < -0.4 is 10.6 Å². The number of likely N-dealkylation sites (tertiary alicyclic amines) is 1. The van der Waals surface area contributed by atoms with E-state index in [4.69, 9.17) is 16.0 Å². The third-order valence-corrected chi connectivity index (χ3v) is 6.04. The summed E-state index contributed by atoms with van der Waals surface area (Å²) in [4.78, 5) is 43.3. The third-order valence-electron chi connectivity index (χ3n) is 5.73. The first-order chi connectivity index (χ1) is 17.3. The van der Waals surface area contributed by atoms with Crippen LogP contribution in [0, 0.1) is 5.82 Å². The van der Waals surface area contributed by atoms with Crippen molar-refractivity contribution in [1.29, 1.82) is 0 Å². The molecule has 0 spiro atoms. The Bertz CT molecular complexity index is 1270. The van der Waals surface area contributed by atoms with E-state index >= 15 is 0 Å². The second-order valence-corrected chi connectivity index (χ2v) is 8.75. The second-order valence-electron chi connectivity index (χ2n) is 8.35. The second kappa shape index (κ2) is 11.4. The number of anilines is 1. The smallest absolute Gasteiger partial charge is 0.293 e. The van der Waals surface area contributed by atoms with Crippen molar-refractivity contribution < 1.29 is 27.6 Å². The molecule has 1 atom stereocenters. The molecular weight excluding hydrogens is 494 g/mol. The molecule has 0 saturated carbocycles. The number of benzene rings is 2. The van der Waals surface area contributed by atoms with Gasteiger partial charge in [-0.15, -0.1) is 0 Å². The summed E-state index contributed by atoms with van der Waals surface area (Å²) in [7, 11) is 0. The number of rotatable bonds is 9. The van der Waals surface area contributed by atoms with Gasteiger partial charge >= 0.3 is 0 Å². The fraction of sp³-hybridized carbons (Fsp3) is 0.280. The Balaban J connectivity index is 1.31. The van der Waals surface area contributed by atoms with Gasteiger partial charge in [0.2, 0.25) is 5.76 Å². The lowest BCUT2D eigenvalue weighted by Gasteiger charge is -2.14. The van der Waals surface area contributed by atoms with Gasteiger partial charge < -0.3 is 15.1 Å². The van der Waals surface area contributed by atoms with Crippen LogP contribution in [0.15, 0.2) is 53.3 Å². The first kappa shape index (κ1) is 25.5. The van der Waals surface area contributed by atoms with E-state index < -0.39 is 23.8 Å². The van der Waals surface area contributed by atoms with Crippen molar-refractivity contribution >= 4 is 34.9 Å². The molecule has 3 aromatic rings. The summed E-state index contributed by atoms with van der Waals surface area (Å²) in [5.74, 6) is -2.29. The summed E-state index contributed by atoms with van der Waals surface area (Å²) in [6.07, 6.45) is 0.693. The van der Waals surface area contributed by atoms with Crippen molar-refractivity contribution in [1.82, 2.24) is 15.2 Å². The summed E-state index contributed by atoms with van der Waals surface area (Å²) in [6, 6.07) is 10.1. The van der Waals surface area contributed by atoms with Crippen molar-refractivity contribution in [2.45, 2.75) is 19.0 Å². The number of carbonyl (C=O) groups excluding carboxylic acids is 3. The van der Waals surface area contributed by atoms with Crippen LogP contribution in [0.4, 0.5) is 14.5 Å². The molecule has 0 aliphatic carbocycles. The van der Waals surface area contributed by atoms with Crippen molar-refractivity contribution in [3.63, 3.8) is 0 Å². The molecule has 1 saturated heterocycles. The zero-order chi connectivity index (χ0) is 25.7. The maximum Gasteiger partial charge on any atom is 0.293 e. The van der Waals surface area contributed by atoms with Crippen molar-refractivity contribution in [3.8, 4) is 0 Å². The van der Waals surface area contributed by atoms with Gasteiger partial charge in [0.1, 0.15) is 12.0 Å². The van der Waals surface area contributed by atoms with Gasteiger partial charge in [-0.05, 0) is 42.3 Å². The molecule has 1 fully saturated rings. The number of hydrogen-bond donors (Lipinski definition) is 2. The highest BCUT2D eigenvalue weighted by molar-refractivity contribution is 6.34. The predicted octanol–water partition coefficient (Wildman–Crippen LogP) is 3.92. The van der Waals surface area contributed by atoms with Gasteiger partial charge in [0.15, 0.2) is 17.9 Å². The van der Waals surface area contributed by atoms with E-state index in [9.17, 15) is 23.2 Å². The molecule has 4 rings (SSSR count). The lowest BCUT2D eigenvalue weighted by atomic mass is 10.0. The van der Waals surface area contributed by atoms with Crippen LogP contribution in [-0.2, 0) is 6.42 Å². The highest BCUT2D eigenvalue weighted by atomic mass is 35.5. The first-order valence-electron chi connectivity index (χ1n) is 11.3. The molecule has 2 amide bonds. The Morgan fingerprint density at radius 1 is 1.14 bits per heavy atom. The van der Waals surface area contributed by atoms with Gasteiger partial charge in [-0.2, -0.15) is 0 Å². The molecule has 2 aromatic carbocycles. The lowest BCUT2D eigenvalue weighted by molar-refractivity contribution is 0.0925. The molecule has 8 nitrogen and oxygen atoms in total. The number of ketones is 1. The largest absolute Gasteiger partial charge is 0.437 e. The molecular formula is C25H23ClF2N4O4. The number of carbonyl (C=O) groups is 3. The number of amides is 2. The fourth-order valence-electron chi connectivity index (χ4n) is 3.86. The lowest BCUT2D eigenvalue weighted by Crippen LogP contribution is -2.34. The molecule has 0 radical (unpaired) electrons. The average molecular weight is 517 g/mol. The summed E-state index contributed by atoms with van der Waals surface area (Å²) in [5, 5.41) is 5.33. The van der Waals surface area contributed by atoms with Gasteiger partial charge in [-0.3, -0.25) is 19.3 Å². The van der Waals surface area contributed by atoms with E-state index in [1.54, 1.807) is 24.3 Å². The van der Waals surface area contributed by atoms with Crippen LogP contribution >= 0.6 is 11.6 Å². The van der Waals surface area contributed by atoms with Crippen LogP contribution in [0.5, 0.6) is 0 Å². The van der Waals surface area contributed by atoms with Crippen molar-refractivity contribution in [3.05, 3.63) is 82.3 Å². The van der Waals surface area contributed by atoms with E-state index in [0.29, 0.717) is 37.3 Å². The number of aromatic nitrogens is 1. The number of nitrogens with zero attached hydrogens (tertiary/aromatic N) is 2. The normalized spacial score (nSPS) is 15.6. The minimum absolute atomic E-state index is 0.0371. The summed E-state index contributed by atoms with van der Waals surface area (Å²) < 4.78 is 31.6. The Kier molecular flexibility index (Phi) is 8.07. The number of halogens is 3. The van der Waals surface area contributed by atoms with Crippen LogP contribution in [0.3, 0.4) is 0 Å². The molecule has 11 heteroatoms. The minimum atomic E-state index is -0.839. The number of Topliss-reactive ketones (excluding diaryl/α,β-unsaturated/α-hetero) is 1. The number of alkyl halides is 1. The van der Waals surface area contributed by atoms with Crippen LogP contribution in [0.25, 0.3) is 0 Å². The molecule has 2 N–H and O–H groups in total. The number of nitrogens with one attached hydrogen (secondary N) is 2. The van der Waals surface area contributed by atoms with Crippen LogP contribution in [0.2, 0.25) is 5.02 Å².